The molecule has 0 aliphatic rings. The molecule has 0 saturated heterocycles. The van der Waals surface area contributed by atoms with Gasteiger partial charge >= 0.3 is 9.28 Å². The van der Waals surface area contributed by atoms with Crippen LogP contribution in [0.5, 0.6) is 0 Å². The third-order valence-corrected chi connectivity index (χ3v) is 3.15. The summed E-state index contributed by atoms with van der Waals surface area (Å²) in [7, 11) is 2.38. The minimum absolute atomic E-state index is 0.0748. The molecule has 0 heterocycles. The highest BCUT2D eigenvalue weighted by molar-refractivity contribution is 6.44. The first kappa shape index (κ1) is 12.1. The third-order valence-electron chi connectivity index (χ3n) is 1.48. The van der Waals surface area contributed by atoms with E-state index >= 15 is 0 Å². The second-order valence-electron chi connectivity index (χ2n) is 2.63. The fraction of sp³-hybridized carbons (Fsp3) is 1.00. The summed E-state index contributed by atoms with van der Waals surface area (Å²) in [6.45, 7) is 2.86. The fourth-order valence-corrected chi connectivity index (χ4v) is 1.89. The molecule has 1 atom stereocenters. The molecule has 0 spiro atoms. The van der Waals surface area contributed by atoms with E-state index in [-0.39, 0.29) is 6.17 Å². The van der Waals surface area contributed by atoms with Crippen molar-refractivity contribution >= 4 is 9.28 Å². The molecule has 73 valence electrons. The lowest BCUT2D eigenvalue weighted by Gasteiger charge is -2.10. The molecule has 0 rings (SSSR count). The molecule has 1 radical (unpaired) electrons. The van der Waals surface area contributed by atoms with Crippen molar-refractivity contribution in [2.24, 2.45) is 5.73 Å². The first-order valence-corrected chi connectivity index (χ1v) is 5.65. The second-order valence-corrected chi connectivity index (χ2v) is 4.69. The van der Waals surface area contributed by atoms with Crippen LogP contribution < -0.4 is 11.1 Å². The zero-order valence-electron chi connectivity index (χ0n) is 8.09. The van der Waals surface area contributed by atoms with Gasteiger partial charge < -0.3 is 19.9 Å². The summed E-state index contributed by atoms with van der Waals surface area (Å²) in [5.41, 5.74) is 5.51. The largest absolute Gasteiger partial charge is 0.397 e. The van der Waals surface area contributed by atoms with E-state index in [0.29, 0.717) is 0 Å². The lowest BCUT2D eigenvalue weighted by Crippen LogP contribution is -2.35. The number of hydrogen-bond donors (Lipinski definition) is 2. The number of nitrogens with one attached hydrogen (secondary N) is 1. The molecule has 0 aromatic rings. The van der Waals surface area contributed by atoms with E-state index in [2.05, 4.69) is 5.32 Å². The second kappa shape index (κ2) is 7.69. The smallest absolute Gasteiger partial charge is 0.384 e. The molecule has 5 heteroatoms. The summed E-state index contributed by atoms with van der Waals surface area (Å²) in [4.78, 5) is 0. The normalized spacial score (nSPS) is 13.8. The summed E-state index contributed by atoms with van der Waals surface area (Å²) >= 11 is 0. The van der Waals surface area contributed by atoms with E-state index in [1.165, 1.54) is 0 Å². The van der Waals surface area contributed by atoms with Gasteiger partial charge in [-0.3, -0.25) is 0 Å². The van der Waals surface area contributed by atoms with Gasteiger partial charge in [0, 0.05) is 14.2 Å². The van der Waals surface area contributed by atoms with Gasteiger partial charge in [0.05, 0.1) is 6.17 Å². The SMILES string of the molecule is CO[Si](CCCNC(C)N)OC. The Bertz CT molecular complexity index is 99.4. The minimum Gasteiger partial charge on any atom is -0.397 e. The van der Waals surface area contributed by atoms with Crippen molar-refractivity contribution in [1.82, 2.24) is 5.32 Å². The molecule has 0 aromatic carbocycles. The van der Waals surface area contributed by atoms with Gasteiger partial charge in [0.2, 0.25) is 0 Å². The van der Waals surface area contributed by atoms with Crippen molar-refractivity contribution in [3.63, 3.8) is 0 Å². The van der Waals surface area contributed by atoms with Gasteiger partial charge in [-0.15, -0.1) is 0 Å². The van der Waals surface area contributed by atoms with Crippen LogP contribution in [0.2, 0.25) is 6.04 Å². The molecule has 0 saturated carbocycles. The predicted octanol–water partition coefficient (Wildman–Crippen LogP) is 0.0518. The van der Waals surface area contributed by atoms with Crippen LogP contribution in [-0.4, -0.2) is 36.2 Å². The molecule has 4 nitrogen and oxygen atoms in total. The summed E-state index contributed by atoms with van der Waals surface area (Å²) < 4.78 is 10.3. The molecule has 1 unspecified atom stereocenters. The van der Waals surface area contributed by atoms with Crippen molar-refractivity contribution in [3.8, 4) is 0 Å². The molecule has 12 heavy (non-hydrogen) atoms. The van der Waals surface area contributed by atoms with E-state index in [0.717, 1.165) is 19.0 Å². The van der Waals surface area contributed by atoms with Crippen LogP contribution in [0.4, 0.5) is 0 Å². The molecule has 0 bridgehead atoms. The van der Waals surface area contributed by atoms with Gasteiger partial charge in [0.25, 0.3) is 0 Å². The Kier molecular flexibility index (Phi) is 7.73. The van der Waals surface area contributed by atoms with Crippen LogP contribution in [0, 0.1) is 0 Å². The molecule has 0 aliphatic heterocycles. The fourth-order valence-electron chi connectivity index (χ4n) is 0.850. The average molecular weight is 191 g/mol. The van der Waals surface area contributed by atoms with Crippen LogP contribution in [-0.2, 0) is 8.85 Å². The van der Waals surface area contributed by atoms with Crippen molar-refractivity contribution in [1.29, 1.82) is 0 Å². The van der Waals surface area contributed by atoms with Crippen LogP contribution in [0.25, 0.3) is 0 Å². The molecule has 0 aliphatic carbocycles. The highest BCUT2D eigenvalue weighted by Gasteiger charge is 2.10. The first-order chi connectivity index (χ1) is 5.70. The van der Waals surface area contributed by atoms with Gasteiger partial charge in [-0.2, -0.15) is 0 Å². The molecular formula is C7H19N2O2Si. The zero-order valence-corrected chi connectivity index (χ0v) is 9.09. The maximum Gasteiger partial charge on any atom is 0.384 e. The molecule has 0 amide bonds. The Labute approximate surface area is 76.3 Å². The number of nitrogens with two attached hydrogens (primary N) is 1. The van der Waals surface area contributed by atoms with E-state index in [1.807, 2.05) is 6.92 Å². The van der Waals surface area contributed by atoms with Gasteiger partial charge in [-0.05, 0) is 25.9 Å². The lowest BCUT2D eigenvalue weighted by atomic mass is 10.4. The molecule has 0 fully saturated rings. The van der Waals surface area contributed by atoms with Crippen molar-refractivity contribution in [3.05, 3.63) is 0 Å². The Morgan fingerprint density at radius 1 is 1.42 bits per heavy atom. The zero-order chi connectivity index (χ0) is 9.40. The van der Waals surface area contributed by atoms with Crippen LogP contribution >= 0.6 is 0 Å². The van der Waals surface area contributed by atoms with Crippen molar-refractivity contribution in [2.45, 2.75) is 25.6 Å². The van der Waals surface area contributed by atoms with E-state index < -0.39 is 9.28 Å². The van der Waals surface area contributed by atoms with Gasteiger partial charge in [0.15, 0.2) is 0 Å². The van der Waals surface area contributed by atoms with Crippen molar-refractivity contribution < 1.29 is 8.85 Å². The van der Waals surface area contributed by atoms with Gasteiger partial charge in [-0.1, -0.05) is 0 Å². The molecule has 3 N–H and O–H groups in total. The maximum atomic E-state index is 5.51. The summed E-state index contributed by atoms with van der Waals surface area (Å²) in [5.74, 6) is 0. The van der Waals surface area contributed by atoms with Crippen molar-refractivity contribution in [2.75, 3.05) is 20.8 Å². The standard InChI is InChI=1S/C7H19N2O2Si/c1-7(8)9-5-4-6-12(10-2)11-3/h7,9H,4-6,8H2,1-3H3. The summed E-state index contributed by atoms with van der Waals surface area (Å²) in [6.07, 6.45) is 1.13. The monoisotopic (exact) mass is 191 g/mol. The Balaban J connectivity index is 3.17. The number of rotatable bonds is 7. The van der Waals surface area contributed by atoms with Crippen LogP contribution in [0.1, 0.15) is 13.3 Å². The lowest BCUT2D eigenvalue weighted by molar-refractivity contribution is 0.276. The highest BCUT2D eigenvalue weighted by Crippen LogP contribution is 1.97. The summed E-state index contributed by atoms with van der Waals surface area (Å²) in [5, 5.41) is 3.13. The van der Waals surface area contributed by atoms with E-state index in [9.17, 15) is 0 Å². The Hall–Kier alpha value is 0.0569. The number of hydrogen-bond acceptors (Lipinski definition) is 4. The maximum absolute atomic E-state index is 5.51. The predicted molar refractivity (Wildman–Crippen MR) is 50.8 cm³/mol. The minimum atomic E-state index is -1.00. The van der Waals surface area contributed by atoms with Crippen LogP contribution in [0.3, 0.4) is 0 Å². The van der Waals surface area contributed by atoms with Gasteiger partial charge in [-0.25, -0.2) is 0 Å². The third kappa shape index (κ3) is 6.75. The molecular weight excluding hydrogens is 172 g/mol. The summed E-state index contributed by atoms with van der Waals surface area (Å²) in [6, 6.07) is 0.997. The average Bonchev–Trinajstić information content (AvgIpc) is 2.04. The quantitative estimate of drug-likeness (QED) is 0.339. The molecule has 0 aromatic heterocycles. The Morgan fingerprint density at radius 3 is 2.42 bits per heavy atom. The topological polar surface area (TPSA) is 56.5 Å². The van der Waals surface area contributed by atoms with E-state index in [4.69, 9.17) is 14.6 Å². The highest BCUT2D eigenvalue weighted by atomic mass is 28.3. The van der Waals surface area contributed by atoms with Crippen LogP contribution in [0.15, 0.2) is 0 Å². The van der Waals surface area contributed by atoms with Gasteiger partial charge in [0.1, 0.15) is 0 Å². The first-order valence-electron chi connectivity index (χ1n) is 4.13. The van der Waals surface area contributed by atoms with E-state index in [1.54, 1.807) is 14.2 Å². The Morgan fingerprint density at radius 2 is 2.00 bits per heavy atom.